The van der Waals surface area contributed by atoms with E-state index < -0.39 is 47.7 Å². The van der Waals surface area contributed by atoms with Crippen molar-refractivity contribution in [1.29, 1.82) is 0 Å². The molecule has 0 aliphatic heterocycles. The summed E-state index contributed by atoms with van der Waals surface area (Å²) in [7, 11) is -11.7. The molecule has 4 N–H and O–H groups in total. The Hall–Kier alpha value is -1.94. The average molecular weight is 628 g/mol. The molecule has 1 atom stereocenters. The molecule has 1 aliphatic carbocycles. The summed E-state index contributed by atoms with van der Waals surface area (Å²) in [5, 5.41) is -1.17. The van der Waals surface area contributed by atoms with Crippen LogP contribution in [-0.2, 0) is 33.4 Å². The van der Waals surface area contributed by atoms with Gasteiger partial charge in [0.05, 0.1) is 27.2 Å². The molecule has 0 aromatic heterocycles. The zero-order chi connectivity index (χ0) is 29.0. The largest absolute Gasteiger partial charge is 0.399 e. The molecule has 15 heteroatoms. The lowest BCUT2D eigenvalue weighted by Gasteiger charge is -2.33. The van der Waals surface area contributed by atoms with Gasteiger partial charge < -0.3 is 24.5 Å². The van der Waals surface area contributed by atoms with Crippen LogP contribution in [0.2, 0.25) is 10.0 Å². The van der Waals surface area contributed by atoms with Gasteiger partial charge in [0, 0.05) is 12.2 Å². The van der Waals surface area contributed by atoms with Gasteiger partial charge in [0.15, 0.2) is 0 Å². The molecule has 0 radical (unpaired) electrons. The van der Waals surface area contributed by atoms with Crippen LogP contribution in [0.1, 0.15) is 40.3 Å². The maximum absolute atomic E-state index is 14.4. The maximum atomic E-state index is 14.4. The van der Waals surface area contributed by atoms with Gasteiger partial charge in [-0.15, -0.1) is 0 Å². The van der Waals surface area contributed by atoms with Gasteiger partial charge in [-0.1, -0.05) is 59.6 Å². The van der Waals surface area contributed by atoms with Crippen molar-refractivity contribution in [3.05, 3.63) is 98.5 Å². The van der Waals surface area contributed by atoms with Crippen molar-refractivity contribution in [3.63, 3.8) is 0 Å². The lowest BCUT2D eigenvalue weighted by Crippen LogP contribution is -2.27. The van der Waals surface area contributed by atoms with E-state index in [0.29, 0.717) is 24.1 Å². The molecule has 7 nitrogen and oxygen atoms in total. The van der Waals surface area contributed by atoms with Crippen molar-refractivity contribution in [2.75, 3.05) is 4.90 Å². The van der Waals surface area contributed by atoms with E-state index in [9.17, 15) is 26.7 Å². The molecule has 0 spiro atoms. The van der Waals surface area contributed by atoms with E-state index in [1.807, 2.05) is 24.3 Å². The Bertz CT molecular complexity index is 1510. The summed E-state index contributed by atoms with van der Waals surface area (Å²) in [4.78, 5) is 38.1. The summed E-state index contributed by atoms with van der Waals surface area (Å²) >= 11 is 12.1. The normalized spacial score (nSPS) is 16.3. The zero-order valence-corrected chi connectivity index (χ0v) is 23.0. The van der Waals surface area contributed by atoms with Gasteiger partial charge in [0.2, 0.25) is 0 Å². The lowest BCUT2D eigenvalue weighted by molar-refractivity contribution is 0.0565. The van der Waals surface area contributed by atoms with Crippen LogP contribution in [0.4, 0.5) is 23.2 Å². The SMILES string of the molecule is O=P(O)(O)C(F)(F)c1ccc(CN(c2ccc(C(F)(F)P(=O)(O)O)c(Cl)c2)C2CCc3ccccc32)cc1Cl. The Balaban J connectivity index is 1.77. The van der Waals surface area contributed by atoms with Crippen LogP contribution < -0.4 is 4.90 Å². The van der Waals surface area contributed by atoms with Gasteiger partial charge in [-0.2, -0.15) is 17.6 Å². The summed E-state index contributed by atoms with van der Waals surface area (Å²) < 4.78 is 79.9. The number of nitrogens with zero attached hydrogens (tertiary/aromatic N) is 1. The first-order chi connectivity index (χ1) is 17.9. The van der Waals surface area contributed by atoms with Crippen LogP contribution in [0.3, 0.4) is 0 Å². The molecular formula is C24H21Cl2F4NO6P2. The number of alkyl halides is 4. The Labute approximate surface area is 230 Å². The van der Waals surface area contributed by atoms with Crippen molar-refractivity contribution in [1.82, 2.24) is 0 Å². The molecular weight excluding hydrogens is 607 g/mol. The highest BCUT2D eigenvalue weighted by Gasteiger charge is 2.52. The standard InChI is InChI=1S/C24H21Cl2F4NO6P2/c25-20-11-14(5-8-18(20)23(27,28)38(32,33)34)13-31(22-10-6-15-3-1-2-4-17(15)22)16-7-9-19(21(26)12-16)24(29,30)39(35,36)37/h1-5,7-9,11-12,22H,6,10,13H2,(H2,32,33,34)(H2,35,36,37). The Kier molecular flexibility index (Phi) is 8.06. The van der Waals surface area contributed by atoms with Gasteiger partial charge in [0.25, 0.3) is 0 Å². The number of anilines is 1. The molecule has 0 amide bonds. The van der Waals surface area contributed by atoms with E-state index >= 15 is 0 Å². The number of hydrogen-bond acceptors (Lipinski definition) is 3. The van der Waals surface area contributed by atoms with E-state index in [1.54, 1.807) is 4.90 Å². The van der Waals surface area contributed by atoms with Crippen LogP contribution in [0, 0.1) is 0 Å². The van der Waals surface area contributed by atoms with Gasteiger partial charge in [-0.25, -0.2) is 0 Å². The van der Waals surface area contributed by atoms with Gasteiger partial charge >= 0.3 is 26.5 Å². The van der Waals surface area contributed by atoms with Crippen LogP contribution in [0.15, 0.2) is 60.7 Å². The number of fused-ring (bicyclic) bond motifs is 1. The first-order valence-corrected chi connectivity index (χ1v) is 15.2. The fraction of sp³-hybridized carbons (Fsp3) is 0.250. The van der Waals surface area contributed by atoms with Crippen molar-refractivity contribution in [2.24, 2.45) is 0 Å². The van der Waals surface area contributed by atoms with Crippen molar-refractivity contribution in [2.45, 2.75) is 36.8 Å². The summed E-state index contributed by atoms with van der Waals surface area (Å²) in [6, 6.07) is 13.5. The fourth-order valence-electron chi connectivity index (χ4n) is 4.58. The van der Waals surface area contributed by atoms with E-state index in [-0.39, 0.29) is 12.6 Å². The Morgan fingerprint density at radius 1 is 0.821 bits per heavy atom. The third-order valence-corrected chi connectivity index (χ3v) is 9.10. The molecule has 0 bridgehead atoms. The first kappa shape index (κ1) is 30.0. The van der Waals surface area contributed by atoms with Crippen LogP contribution in [0.25, 0.3) is 0 Å². The van der Waals surface area contributed by atoms with Crippen LogP contribution >= 0.6 is 38.4 Å². The van der Waals surface area contributed by atoms with Gasteiger partial charge in [-0.05, 0) is 53.8 Å². The number of rotatable bonds is 8. The van der Waals surface area contributed by atoms with Crippen molar-refractivity contribution >= 4 is 44.1 Å². The molecule has 4 rings (SSSR count). The minimum Gasteiger partial charge on any atom is -0.360 e. The average Bonchev–Trinajstić information content (AvgIpc) is 3.24. The monoisotopic (exact) mass is 627 g/mol. The van der Waals surface area contributed by atoms with Gasteiger partial charge in [0.1, 0.15) is 0 Å². The lowest BCUT2D eigenvalue weighted by atomic mass is 10.0. The number of benzene rings is 3. The molecule has 1 unspecified atom stereocenters. The summed E-state index contributed by atoms with van der Waals surface area (Å²) in [6.07, 6.45) is 1.28. The smallest absolute Gasteiger partial charge is 0.360 e. The third kappa shape index (κ3) is 5.65. The highest BCUT2D eigenvalue weighted by atomic mass is 35.5. The quantitative estimate of drug-likeness (QED) is 0.155. The fourth-order valence-corrected chi connectivity index (χ4v) is 6.34. The summed E-state index contributed by atoms with van der Waals surface area (Å²) in [5.41, 5.74) is -8.53. The molecule has 0 fully saturated rings. The molecule has 0 saturated carbocycles. The molecule has 0 heterocycles. The Morgan fingerprint density at radius 2 is 1.36 bits per heavy atom. The molecule has 1 aliphatic rings. The Morgan fingerprint density at radius 3 is 1.90 bits per heavy atom. The number of hydrogen-bond donors (Lipinski definition) is 4. The first-order valence-electron chi connectivity index (χ1n) is 11.3. The topological polar surface area (TPSA) is 118 Å². The summed E-state index contributed by atoms with van der Waals surface area (Å²) in [5.74, 6) is 0. The molecule has 0 saturated heterocycles. The van der Waals surface area contributed by atoms with Crippen molar-refractivity contribution < 1.29 is 46.3 Å². The third-order valence-electron chi connectivity index (χ3n) is 6.53. The minimum atomic E-state index is -5.87. The second kappa shape index (κ2) is 10.5. The van der Waals surface area contributed by atoms with Gasteiger partial charge in [-0.3, -0.25) is 9.13 Å². The second-order valence-corrected chi connectivity index (χ2v) is 13.1. The van der Waals surface area contributed by atoms with Crippen molar-refractivity contribution in [3.8, 4) is 0 Å². The number of aryl methyl sites for hydroxylation is 1. The highest BCUT2D eigenvalue weighted by molar-refractivity contribution is 7.53. The second-order valence-electron chi connectivity index (χ2n) is 9.03. The molecule has 210 valence electrons. The zero-order valence-electron chi connectivity index (χ0n) is 19.7. The predicted molar refractivity (Wildman–Crippen MR) is 138 cm³/mol. The molecule has 3 aromatic rings. The molecule has 39 heavy (non-hydrogen) atoms. The van der Waals surface area contributed by atoms with Crippen LogP contribution in [-0.4, -0.2) is 19.6 Å². The summed E-state index contributed by atoms with van der Waals surface area (Å²) in [6.45, 7) is -0.00888. The molecule has 3 aromatic carbocycles. The van der Waals surface area contributed by atoms with E-state index in [2.05, 4.69) is 0 Å². The van der Waals surface area contributed by atoms with E-state index in [0.717, 1.165) is 35.4 Å². The van der Waals surface area contributed by atoms with E-state index in [1.165, 1.54) is 12.1 Å². The van der Waals surface area contributed by atoms with Crippen LogP contribution in [0.5, 0.6) is 0 Å². The highest BCUT2D eigenvalue weighted by Crippen LogP contribution is 2.61. The predicted octanol–water partition coefficient (Wildman–Crippen LogP) is 7.14. The maximum Gasteiger partial charge on any atom is 0.399 e. The van der Waals surface area contributed by atoms with E-state index in [4.69, 9.17) is 42.8 Å². The number of halogens is 6. The minimum absolute atomic E-state index is 0.00888.